The largest absolute Gasteiger partial charge is 0.330 e. The van der Waals surface area contributed by atoms with Crippen LogP contribution in [0.4, 0.5) is 0 Å². The average molecular weight is 284 g/mol. The van der Waals surface area contributed by atoms with Crippen molar-refractivity contribution in [3.8, 4) is 6.07 Å². The van der Waals surface area contributed by atoms with E-state index in [4.69, 9.17) is 5.26 Å². The maximum atomic E-state index is 12.6. The molecule has 0 amide bonds. The second-order valence-corrected chi connectivity index (χ2v) is 5.74. The van der Waals surface area contributed by atoms with Crippen LogP contribution in [-0.4, -0.2) is 26.6 Å². The zero-order valence-electron chi connectivity index (χ0n) is 12.5. The maximum Gasteiger partial charge on any atom is 0.330 e. The van der Waals surface area contributed by atoms with E-state index in [2.05, 4.69) is 30.9 Å². The van der Waals surface area contributed by atoms with Crippen molar-refractivity contribution in [3.05, 3.63) is 34.2 Å². The molecule has 1 aliphatic heterocycles. The van der Waals surface area contributed by atoms with E-state index in [-0.39, 0.29) is 12.2 Å². The lowest BCUT2D eigenvalue weighted by molar-refractivity contribution is 0.189. The topological polar surface area (TPSA) is 54.0 Å². The summed E-state index contributed by atoms with van der Waals surface area (Å²) < 4.78 is 3.43. The van der Waals surface area contributed by atoms with Gasteiger partial charge in [0.05, 0.1) is 17.1 Å². The molecule has 0 saturated heterocycles. The van der Waals surface area contributed by atoms with Gasteiger partial charge in [0, 0.05) is 19.1 Å². The van der Waals surface area contributed by atoms with Crippen molar-refractivity contribution in [2.24, 2.45) is 0 Å². The zero-order valence-corrected chi connectivity index (χ0v) is 12.5. The molecule has 0 saturated carbocycles. The third kappa shape index (κ3) is 2.16. The van der Waals surface area contributed by atoms with Gasteiger partial charge in [-0.15, -0.1) is 0 Å². The van der Waals surface area contributed by atoms with Crippen LogP contribution in [0.5, 0.6) is 0 Å². The summed E-state index contributed by atoms with van der Waals surface area (Å²) in [5.74, 6) is 0. The first kappa shape index (κ1) is 13.9. The molecule has 2 aromatic rings. The van der Waals surface area contributed by atoms with Gasteiger partial charge in [0.15, 0.2) is 0 Å². The van der Waals surface area contributed by atoms with Gasteiger partial charge in [0.25, 0.3) is 0 Å². The normalized spacial score (nSPS) is 18.6. The van der Waals surface area contributed by atoms with Crippen LogP contribution in [0.3, 0.4) is 0 Å². The van der Waals surface area contributed by atoms with Gasteiger partial charge in [-0.05, 0) is 31.5 Å². The minimum absolute atomic E-state index is 0.0656. The predicted octanol–water partition coefficient (Wildman–Crippen LogP) is 1.94. The third-order valence-corrected chi connectivity index (χ3v) is 4.30. The Morgan fingerprint density at radius 2 is 2.24 bits per heavy atom. The number of aromatic nitrogens is 2. The second kappa shape index (κ2) is 5.38. The van der Waals surface area contributed by atoms with E-state index in [0.717, 1.165) is 30.5 Å². The smallest absolute Gasteiger partial charge is 0.295 e. The Bertz CT molecular complexity index is 765. The Morgan fingerprint density at radius 3 is 2.95 bits per heavy atom. The van der Waals surface area contributed by atoms with Crippen molar-refractivity contribution in [1.29, 1.82) is 5.26 Å². The summed E-state index contributed by atoms with van der Waals surface area (Å²) in [7, 11) is 0. The van der Waals surface area contributed by atoms with Crippen LogP contribution in [0.15, 0.2) is 23.0 Å². The highest BCUT2D eigenvalue weighted by Gasteiger charge is 2.25. The summed E-state index contributed by atoms with van der Waals surface area (Å²) >= 11 is 0. The van der Waals surface area contributed by atoms with E-state index >= 15 is 0 Å². The summed E-state index contributed by atoms with van der Waals surface area (Å²) in [6.07, 6.45) is 1.11. The molecule has 3 rings (SSSR count). The highest BCUT2D eigenvalue weighted by molar-refractivity contribution is 5.80. The van der Waals surface area contributed by atoms with E-state index < -0.39 is 0 Å². The van der Waals surface area contributed by atoms with Gasteiger partial charge in [-0.2, -0.15) is 5.26 Å². The molecular weight excluding hydrogens is 264 g/mol. The molecule has 0 fully saturated rings. The number of imidazole rings is 1. The number of hydrogen-bond acceptors (Lipinski definition) is 3. The lowest BCUT2D eigenvalue weighted by Gasteiger charge is -2.26. The average Bonchev–Trinajstić information content (AvgIpc) is 2.65. The Kier molecular flexibility index (Phi) is 3.56. The standard InChI is InChI=1S/C16H20N4O/c1-3-8-18-11-13-5-4-6-14-15(13)20(10-12(18)2)16(21)19(14)9-7-17/h4-6,12H,3,8-11H2,1-2H3. The first-order chi connectivity index (χ1) is 10.2. The van der Waals surface area contributed by atoms with E-state index in [0.29, 0.717) is 12.6 Å². The number of hydrogen-bond donors (Lipinski definition) is 0. The third-order valence-electron chi connectivity index (χ3n) is 4.30. The zero-order chi connectivity index (χ0) is 15.0. The quantitative estimate of drug-likeness (QED) is 0.865. The molecule has 1 aromatic heterocycles. The summed E-state index contributed by atoms with van der Waals surface area (Å²) in [5.41, 5.74) is 3.00. The molecule has 1 aliphatic rings. The van der Waals surface area contributed by atoms with Crippen LogP contribution < -0.4 is 5.69 Å². The van der Waals surface area contributed by atoms with Crippen LogP contribution in [0.2, 0.25) is 0 Å². The van der Waals surface area contributed by atoms with Gasteiger partial charge in [0.1, 0.15) is 6.54 Å². The van der Waals surface area contributed by atoms with Crippen molar-refractivity contribution in [2.75, 3.05) is 6.54 Å². The van der Waals surface area contributed by atoms with Crippen molar-refractivity contribution in [1.82, 2.24) is 14.0 Å². The molecule has 1 unspecified atom stereocenters. The van der Waals surface area contributed by atoms with Crippen LogP contribution in [0.1, 0.15) is 25.8 Å². The summed E-state index contributed by atoms with van der Waals surface area (Å²) in [5, 5.41) is 8.96. The molecule has 5 heteroatoms. The molecule has 1 aromatic carbocycles. The predicted molar refractivity (Wildman–Crippen MR) is 82.0 cm³/mol. The van der Waals surface area contributed by atoms with Crippen LogP contribution in [0, 0.1) is 11.3 Å². The van der Waals surface area contributed by atoms with Gasteiger partial charge in [0.2, 0.25) is 0 Å². The van der Waals surface area contributed by atoms with Crippen LogP contribution in [0.25, 0.3) is 11.0 Å². The molecule has 0 aliphatic carbocycles. The minimum atomic E-state index is -0.0656. The van der Waals surface area contributed by atoms with E-state index in [1.807, 2.05) is 16.7 Å². The van der Waals surface area contributed by atoms with Gasteiger partial charge in [-0.1, -0.05) is 19.1 Å². The Morgan fingerprint density at radius 1 is 1.43 bits per heavy atom. The molecule has 0 N–H and O–H groups in total. The van der Waals surface area contributed by atoms with Gasteiger partial charge in [-0.3, -0.25) is 14.0 Å². The number of nitrogens with zero attached hydrogens (tertiary/aromatic N) is 4. The summed E-state index contributed by atoms with van der Waals surface area (Å²) in [6.45, 7) is 7.04. The Labute approximate surface area is 124 Å². The molecule has 5 nitrogen and oxygen atoms in total. The fourth-order valence-electron chi connectivity index (χ4n) is 3.31. The maximum absolute atomic E-state index is 12.6. The second-order valence-electron chi connectivity index (χ2n) is 5.74. The van der Waals surface area contributed by atoms with Crippen LogP contribution in [-0.2, 0) is 19.6 Å². The van der Waals surface area contributed by atoms with E-state index in [9.17, 15) is 4.79 Å². The lowest BCUT2D eigenvalue weighted by atomic mass is 10.1. The Hall–Kier alpha value is -2.06. The van der Waals surface area contributed by atoms with Crippen molar-refractivity contribution >= 4 is 11.0 Å². The van der Waals surface area contributed by atoms with Crippen molar-refractivity contribution in [3.63, 3.8) is 0 Å². The number of para-hydroxylation sites is 1. The monoisotopic (exact) mass is 284 g/mol. The van der Waals surface area contributed by atoms with Crippen molar-refractivity contribution < 1.29 is 0 Å². The summed E-state index contributed by atoms with van der Waals surface area (Å²) in [6, 6.07) is 8.42. The van der Waals surface area contributed by atoms with Gasteiger partial charge >= 0.3 is 5.69 Å². The number of nitriles is 1. The fourth-order valence-corrected chi connectivity index (χ4v) is 3.31. The molecule has 2 heterocycles. The molecule has 0 bridgehead atoms. The Balaban J connectivity index is 2.22. The lowest BCUT2D eigenvalue weighted by Crippen LogP contribution is -2.37. The first-order valence-corrected chi connectivity index (χ1v) is 7.49. The van der Waals surface area contributed by atoms with Gasteiger partial charge < -0.3 is 0 Å². The number of benzene rings is 1. The highest BCUT2D eigenvalue weighted by atomic mass is 16.1. The molecule has 0 spiro atoms. The number of rotatable bonds is 3. The highest BCUT2D eigenvalue weighted by Crippen LogP contribution is 2.24. The minimum Gasteiger partial charge on any atom is -0.295 e. The molecule has 21 heavy (non-hydrogen) atoms. The summed E-state index contributed by atoms with van der Waals surface area (Å²) in [4.78, 5) is 15.0. The fraction of sp³-hybridized carbons (Fsp3) is 0.500. The van der Waals surface area contributed by atoms with Crippen molar-refractivity contribution in [2.45, 2.75) is 45.9 Å². The molecule has 1 atom stereocenters. The van der Waals surface area contributed by atoms with E-state index in [1.165, 1.54) is 5.56 Å². The van der Waals surface area contributed by atoms with Gasteiger partial charge in [-0.25, -0.2) is 4.79 Å². The van der Waals surface area contributed by atoms with E-state index in [1.54, 1.807) is 4.57 Å². The SMILES string of the molecule is CCCN1Cc2cccc3c2n(c(=O)n3CC#N)CC1C. The first-order valence-electron chi connectivity index (χ1n) is 7.49. The van der Waals surface area contributed by atoms with Crippen LogP contribution >= 0.6 is 0 Å². The molecular formula is C16H20N4O. The molecule has 110 valence electrons. The molecule has 0 radical (unpaired) electrons.